The van der Waals surface area contributed by atoms with Gasteiger partial charge in [0.1, 0.15) is 10.6 Å². The molecule has 0 fully saturated rings. The van der Waals surface area contributed by atoms with Crippen molar-refractivity contribution in [3.05, 3.63) is 76.5 Å². The van der Waals surface area contributed by atoms with E-state index < -0.39 is 16.1 Å². The molecule has 0 aliphatic heterocycles. The number of aromatic nitrogens is 2. The molecule has 2 heterocycles. The van der Waals surface area contributed by atoms with Crippen LogP contribution < -0.4 is 14.8 Å². The van der Waals surface area contributed by atoms with Gasteiger partial charge in [0.15, 0.2) is 5.13 Å². The highest BCUT2D eigenvalue weighted by atomic mass is 35.5. The van der Waals surface area contributed by atoms with E-state index in [1.165, 1.54) is 30.3 Å². The molecule has 12 heteroatoms. The van der Waals surface area contributed by atoms with Gasteiger partial charge in [-0.1, -0.05) is 46.7 Å². The quantitative estimate of drug-likeness (QED) is 0.351. The van der Waals surface area contributed by atoms with Gasteiger partial charge in [-0.05, 0) is 36.4 Å². The lowest BCUT2D eigenvalue weighted by atomic mass is 10.3. The van der Waals surface area contributed by atoms with Crippen molar-refractivity contribution in [1.29, 1.82) is 0 Å². The van der Waals surface area contributed by atoms with Gasteiger partial charge < -0.3 is 9.50 Å². The van der Waals surface area contributed by atoms with Gasteiger partial charge in [-0.2, -0.15) is 8.42 Å². The normalized spacial score (nSPS) is 11.3. The summed E-state index contributed by atoms with van der Waals surface area (Å²) in [5.74, 6) is 0.0586. The van der Waals surface area contributed by atoms with Crippen molar-refractivity contribution in [3.8, 4) is 5.75 Å². The summed E-state index contributed by atoms with van der Waals surface area (Å²) in [5, 5.41) is 5.59. The second-order valence-corrected chi connectivity index (χ2v) is 9.69. The number of halogens is 2. The van der Waals surface area contributed by atoms with Crippen LogP contribution in [0.15, 0.2) is 65.7 Å². The summed E-state index contributed by atoms with van der Waals surface area (Å²) < 4.78 is 31.1. The number of amides is 2. The average Bonchev–Trinajstić information content (AvgIpc) is 3.13. The molecule has 32 heavy (non-hydrogen) atoms. The highest BCUT2D eigenvalue weighted by Gasteiger charge is 2.24. The number of pyridine rings is 1. The molecule has 0 aliphatic carbocycles. The molecule has 2 amide bonds. The standard InChI is InChI=1S/C20H14Cl2N4O4S2/c21-14-5-3-6-15(22)18(14)32(28,29)30-13-7-8-16-17(10-13)31-20(25-16)26-19(27)24-11-12-4-1-2-9-23-12/h1-10H,11H2,(H2,24,25,26,27). The average molecular weight is 509 g/mol. The van der Waals surface area contributed by atoms with Crippen molar-refractivity contribution in [2.24, 2.45) is 0 Å². The number of urea groups is 1. The van der Waals surface area contributed by atoms with E-state index in [1.54, 1.807) is 24.4 Å². The topological polar surface area (TPSA) is 110 Å². The zero-order valence-corrected chi connectivity index (χ0v) is 19.2. The second kappa shape index (κ2) is 9.29. The monoisotopic (exact) mass is 508 g/mol. The summed E-state index contributed by atoms with van der Waals surface area (Å²) in [4.78, 5) is 20.3. The lowest BCUT2D eigenvalue weighted by Crippen LogP contribution is -2.28. The number of thiazole rings is 1. The van der Waals surface area contributed by atoms with Crippen LogP contribution in [0.5, 0.6) is 5.75 Å². The van der Waals surface area contributed by atoms with E-state index in [0.29, 0.717) is 21.0 Å². The molecule has 2 aromatic heterocycles. The Morgan fingerprint density at radius 2 is 1.84 bits per heavy atom. The van der Waals surface area contributed by atoms with Crippen LogP contribution in [0.2, 0.25) is 10.0 Å². The van der Waals surface area contributed by atoms with Crippen molar-refractivity contribution in [2.45, 2.75) is 11.4 Å². The Bertz CT molecular complexity index is 1380. The van der Waals surface area contributed by atoms with Gasteiger partial charge in [0, 0.05) is 12.3 Å². The summed E-state index contributed by atoms with van der Waals surface area (Å²) in [7, 11) is -4.25. The molecule has 0 saturated heterocycles. The minimum Gasteiger partial charge on any atom is -0.379 e. The fourth-order valence-electron chi connectivity index (χ4n) is 2.71. The molecule has 8 nitrogen and oxygen atoms in total. The number of carbonyl (C=O) groups is 1. The Hall–Kier alpha value is -2.92. The summed E-state index contributed by atoms with van der Waals surface area (Å²) in [6.45, 7) is 0.262. The molecular formula is C20H14Cl2N4O4S2. The van der Waals surface area contributed by atoms with Gasteiger partial charge in [0.05, 0.1) is 32.5 Å². The maximum atomic E-state index is 12.6. The van der Waals surface area contributed by atoms with Gasteiger partial charge in [0.25, 0.3) is 0 Å². The molecule has 0 spiro atoms. The fourth-order valence-corrected chi connectivity index (χ4v) is 5.62. The molecule has 0 radical (unpaired) electrons. The van der Waals surface area contributed by atoms with E-state index in [-0.39, 0.29) is 27.2 Å². The maximum absolute atomic E-state index is 12.6. The molecule has 0 atom stereocenters. The molecule has 0 aliphatic rings. The number of fused-ring (bicyclic) bond motifs is 1. The number of nitrogens with one attached hydrogen (secondary N) is 2. The third-order valence-electron chi connectivity index (χ3n) is 4.11. The van der Waals surface area contributed by atoms with Crippen LogP contribution >= 0.6 is 34.5 Å². The lowest BCUT2D eigenvalue weighted by molar-refractivity contribution is 0.251. The fraction of sp³-hybridized carbons (Fsp3) is 0.0500. The SMILES string of the molecule is O=C(NCc1ccccn1)Nc1nc2ccc(OS(=O)(=O)c3c(Cl)cccc3Cl)cc2s1. The summed E-state index contributed by atoms with van der Waals surface area (Å²) in [6.07, 6.45) is 1.64. The van der Waals surface area contributed by atoms with Crippen LogP contribution in [-0.2, 0) is 16.7 Å². The third-order valence-corrected chi connectivity index (χ3v) is 7.25. The smallest absolute Gasteiger partial charge is 0.342 e. The Balaban J connectivity index is 1.47. The molecule has 164 valence electrons. The number of anilines is 1. The van der Waals surface area contributed by atoms with E-state index in [4.69, 9.17) is 27.4 Å². The first kappa shape index (κ1) is 22.3. The highest BCUT2D eigenvalue weighted by molar-refractivity contribution is 7.87. The van der Waals surface area contributed by atoms with Gasteiger partial charge in [0.2, 0.25) is 0 Å². The van der Waals surface area contributed by atoms with Crippen molar-refractivity contribution in [3.63, 3.8) is 0 Å². The summed E-state index contributed by atoms with van der Waals surface area (Å²) in [6, 6.07) is 13.9. The van der Waals surface area contributed by atoms with Crippen LogP contribution in [-0.4, -0.2) is 24.4 Å². The molecule has 2 N–H and O–H groups in total. The number of hydrogen-bond donors (Lipinski definition) is 2. The maximum Gasteiger partial charge on any atom is 0.342 e. The van der Waals surface area contributed by atoms with E-state index in [9.17, 15) is 13.2 Å². The van der Waals surface area contributed by atoms with Crippen molar-refractivity contribution < 1.29 is 17.4 Å². The van der Waals surface area contributed by atoms with Crippen LogP contribution in [0.4, 0.5) is 9.93 Å². The molecule has 0 bridgehead atoms. The largest absolute Gasteiger partial charge is 0.379 e. The minimum atomic E-state index is -4.25. The summed E-state index contributed by atoms with van der Waals surface area (Å²) in [5.41, 5.74) is 1.28. The van der Waals surface area contributed by atoms with Gasteiger partial charge in [-0.15, -0.1) is 0 Å². The van der Waals surface area contributed by atoms with Crippen LogP contribution in [0, 0.1) is 0 Å². The number of hydrogen-bond acceptors (Lipinski definition) is 7. The van der Waals surface area contributed by atoms with Crippen molar-refractivity contribution in [2.75, 3.05) is 5.32 Å². The van der Waals surface area contributed by atoms with E-state index in [2.05, 4.69) is 20.6 Å². The number of benzene rings is 2. The predicted octanol–water partition coefficient (Wildman–Crippen LogP) is 5.09. The molecule has 2 aromatic carbocycles. The van der Waals surface area contributed by atoms with E-state index >= 15 is 0 Å². The Morgan fingerprint density at radius 3 is 2.56 bits per heavy atom. The highest BCUT2D eigenvalue weighted by Crippen LogP contribution is 2.33. The minimum absolute atomic E-state index is 0.0421. The predicted molar refractivity (Wildman–Crippen MR) is 124 cm³/mol. The molecule has 4 rings (SSSR count). The van der Waals surface area contributed by atoms with Crippen LogP contribution in [0.1, 0.15) is 5.69 Å². The van der Waals surface area contributed by atoms with E-state index in [0.717, 1.165) is 11.3 Å². The Kier molecular flexibility index (Phi) is 6.47. The number of carbonyl (C=O) groups excluding carboxylic acids is 1. The molecule has 4 aromatic rings. The Morgan fingerprint density at radius 1 is 1.06 bits per heavy atom. The summed E-state index contributed by atoms with van der Waals surface area (Å²) >= 11 is 13.1. The van der Waals surface area contributed by atoms with Crippen molar-refractivity contribution >= 4 is 66.0 Å². The first-order chi connectivity index (χ1) is 15.3. The number of rotatable bonds is 6. The molecular weight excluding hydrogens is 495 g/mol. The van der Waals surface area contributed by atoms with Gasteiger partial charge >= 0.3 is 16.1 Å². The van der Waals surface area contributed by atoms with Crippen LogP contribution in [0.3, 0.4) is 0 Å². The lowest BCUT2D eigenvalue weighted by Gasteiger charge is -2.09. The zero-order valence-electron chi connectivity index (χ0n) is 16.1. The number of nitrogens with zero attached hydrogens (tertiary/aromatic N) is 2. The van der Waals surface area contributed by atoms with Gasteiger partial charge in [-0.3, -0.25) is 10.3 Å². The second-order valence-electron chi connectivity index (χ2n) is 6.37. The molecule has 0 saturated carbocycles. The first-order valence-corrected chi connectivity index (χ1v) is 12.0. The molecule has 0 unspecified atom stereocenters. The van der Waals surface area contributed by atoms with Gasteiger partial charge in [-0.25, -0.2) is 9.78 Å². The first-order valence-electron chi connectivity index (χ1n) is 9.06. The Labute approximate surface area is 197 Å². The van der Waals surface area contributed by atoms with Crippen molar-refractivity contribution in [1.82, 2.24) is 15.3 Å². The third kappa shape index (κ3) is 5.10. The zero-order chi connectivity index (χ0) is 22.7. The van der Waals surface area contributed by atoms with E-state index in [1.807, 2.05) is 6.07 Å². The van der Waals surface area contributed by atoms with Crippen LogP contribution in [0.25, 0.3) is 10.2 Å².